The lowest BCUT2D eigenvalue weighted by Crippen LogP contribution is -2.24. The summed E-state index contributed by atoms with van der Waals surface area (Å²) in [5.74, 6) is -1.52. The second kappa shape index (κ2) is 8.20. The van der Waals surface area contributed by atoms with Crippen LogP contribution in [0.25, 0.3) is 0 Å². The van der Waals surface area contributed by atoms with Crippen LogP contribution in [0, 0.1) is 10.1 Å². The first kappa shape index (κ1) is 18.5. The average molecular weight is 327 g/mol. The second-order valence-electron chi connectivity index (χ2n) is 4.54. The second-order valence-corrected chi connectivity index (χ2v) is 4.54. The van der Waals surface area contributed by atoms with E-state index in [1.807, 2.05) is 0 Å². The van der Waals surface area contributed by atoms with Gasteiger partial charge < -0.3 is 19.7 Å². The van der Waals surface area contributed by atoms with Crippen LogP contribution in [0.3, 0.4) is 0 Å². The van der Waals surface area contributed by atoms with E-state index in [-0.39, 0.29) is 17.7 Å². The number of hydrogen-bond donors (Lipinski definition) is 2. The summed E-state index contributed by atoms with van der Waals surface area (Å²) < 4.78 is 9.10. The van der Waals surface area contributed by atoms with Crippen molar-refractivity contribution < 1.29 is 34.2 Å². The van der Waals surface area contributed by atoms with Crippen LogP contribution in [0.4, 0.5) is 5.69 Å². The Labute approximate surface area is 131 Å². The van der Waals surface area contributed by atoms with Crippen molar-refractivity contribution in [2.75, 3.05) is 13.7 Å². The number of methoxy groups -OCH3 is 1. The summed E-state index contributed by atoms with van der Waals surface area (Å²) in [7, 11) is 1.13. The molecule has 0 radical (unpaired) electrons. The fraction of sp³-hybridized carbons (Fsp3) is 0.429. The van der Waals surface area contributed by atoms with Gasteiger partial charge in [0.15, 0.2) is 0 Å². The minimum Gasteiger partial charge on any atom is -0.466 e. The maximum absolute atomic E-state index is 11.4. The van der Waals surface area contributed by atoms with E-state index in [1.54, 1.807) is 6.92 Å². The molecule has 2 N–H and O–H groups in total. The van der Waals surface area contributed by atoms with Gasteiger partial charge in [-0.2, -0.15) is 0 Å². The number of carbonyl (C=O) groups excluding carboxylic acids is 2. The van der Waals surface area contributed by atoms with E-state index >= 15 is 0 Å². The van der Waals surface area contributed by atoms with Crippen LogP contribution in [-0.2, 0) is 14.3 Å². The molecule has 0 aliphatic rings. The summed E-state index contributed by atoms with van der Waals surface area (Å²) in [6, 6.07) is 3.28. The topological polar surface area (TPSA) is 136 Å². The molecular formula is C14H17NO8. The molecule has 1 aromatic rings. The Morgan fingerprint density at radius 2 is 2.00 bits per heavy atom. The highest BCUT2D eigenvalue weighted by atomic mass is 16.6. The Kier molecular flexibility index (Phi) is 6.61. The van der Waals surface area contributed by atoms with E-state index in [1.165, 1.54) is 6.07 Å². The summed E-state index contributed by atoms with van der Waals surface area (Å²) in [6.07, 6.45) is -3.80. The molecule has 0 aliphatic carbocycles. The number of aliphatic hydroxyl groups excluding tert-OH is 2. The van der Waals surface area contributed by atoms with Crippen LogP contribution < -0.4 is 0 Å². The first-order chi connectivity index (χ1) is 10.8. The summed E-state index contributed by atoms with van der Waals surface area (Å²) >= 11 is 0. The molecule has 0 bridgehead atoms. The SMILES string of the molecule is CCOC(=O)CC(O)C(O)c1ccc(C(=O)OC)cc1[N+](=O)[O-]. The molecule has 126 valence electrons. The van der Waals surface area contributed by atoms with Crippen LogP contribution in [0.2, 0.25) is 0 Å². The van der Waals surface area contributed by atoms with Crippen LogP contribution in [0.15, 0.2) is 18.2 Å². The van der Waals surface area contributed by atoms with Crippen LogP contribution in [0.1, 0.15) is 35.4 Å². The first-order valence-corrected chi connectivity index (χ1v) is 6.70. The van der Waals surface area contributed by atoms with Gasteiger partial charge in [0, 0.05) is 6.07 Å². The highest BCUT2D eigenvalue weighted by Gasteiger charge is 2.29. The quantitative estimate of drug-likeness (QED) is 0.425. The molecule has 0 heterocycles. The molecule has 0 amide bonds. The van der Waals surface area contributed by atoms with Crippen molar-refractivity contribution in [1.82, 2.24) is 0 Å². The summed E-state index contributed by atoms with van der Waals surface area (Å²) in [4.78, 5) is 33.0. The normalized spacial score (nSPS) is 13.0. The van der Waals surface area contributed by atoms with Gasteiger partial charge in [-0.1, -0.05) is 0 Å². The zero-order valence-electron chi connectivity index (χ0n) is 12.6. The van der Waals surface area contributed by atoms with Crippen LogP contribution in [0.5, 0.6) is 0 Å². The van der Waals surface area contributed by atoms with Crippen LogP contribution >= 0.6 is 0 Å². The zero-order chi connectivity index (χ0) is 17.6. The van der Waals surface area contributed by atoms with E-state index in [9.17, 15) is 29.9 Å². The monoisotopic (exact) mass is 327 g/mol. The van der Waals surface area contributed by atoms with E-state index in [0.29, 0.717) is 0 Å². The molecule has 0 aliphatic heterocycles. The minimum absolute atomic E-state index is 0.0740. The Morgan fingerprint density at radius 1 is 1.35 bits per heavy atom. The third-order valence-corrected chi connectivity index (χ3v) is 3.01. The van der Waals surface area contributed by atoms with Gasteiger partial charge in [0.1, 0.15) is 6.10 Å². The lowest BCUT2D eigenvalue weighted by Gasteiger charge is -2.17. The summed E-state index contributed by atoms with van der Waals surface area (Å²) in [6.45, 7) is 1.69. The van der Waals surface area contributed by atoms with Crippen molar-refractivity contribution in [2.24, 2.45) is 0 Å². The maximum Gasteiger partial charge on any atom is 0.338 e. The van der Waals surface area contributed by atoms with Gasteiger partial charge in [-0.15, -0.1) is 0 Å². The number of ether oxygens (including phenoxy) is 2. The molecule has 2 unspecified atom stereocenters. The number of esters is 2. The minimum atomic E-state index is -1.69. The van der Waals surface area contributed by atoms with Gasteiger partial charge in [0.2, 0.25) is 0 Å². The van der Waals surface area contributed by atoms with Gasteiger partial charge in [0.05, 0.1) is 42.3 Å². The number of carbonyl (C=O) groups is 2. The third kappa shape index (κ3) is 4.73. The number of nitro groups is 1. The standard InChI is InChI=1S/C14H17NO8/c1-3-23-12(17)7-11(16)13(18)9-5-4-8(14(19)22-2)6-10(9)15(20)21/h4-6,11,13,16,18H,3,7H2,1-2H3. The van der Waals surface area contributed by atoms with E-state index in [2.05, 4.69) is 9.47 Å². The van der Waals surface area contributed by atoms with Gasteiger partial charge in [-0.25, -0.2) is 4.79 Å². The Bertz CT molecular complexity index is 600. The Hall–Kier alpha value is -2.52. The van der Waals surface area contributed by atoms with Gasteiger partial charge in [-0.3, -0.25) is 14.9 Å². The van der Waals surface area contributed by atoms with Crippen molar-refractivity contribution in [3.8, 4) is 0 Å². The van der Waals surface area contributed by atoms with Gasteiger partial charge in [0.25, 0.3) is 5.69 Å². The fourth-order valence-electron chi connectivity index (χ4n) is 1.91. The molecular weight excluding hydrogens is 310 g/mol. The summed E-state index contributed by atoms with van der Waals surface area (Å²) in [5.41, 5.74) is -0.863. The van der Waals surface area contributed by atoms with E-state index in [0.717, 1.165) is 19.2 Å². The lowest BCUT2D eigenvalue weighted by molar-refractivity contribution is -0.386. The molecule has 0 spiro atoms. The number of benzene rings is 1. The molecule has 23 heavy (non-hydrogen) atoms. The predicted octanol–water partition coefficient (Wildman–Crippen LogP) is 0.729. The lowest BCUT2D eigenvalue weighted by atomic mass is 9.98. The molecule has 9 nitrogen and oxygen atoms in total. The van der Waals surface area contributed by atoms with Crippen LogP contribution in [-0.4, -0.2) is 46.9 Å². The summed E-state index contributed by atoms with van der Waals surface area (Å²) in [5, 5.41) is 31.0. The largest absolute Gasteiger partial charge is 0.466 e. The third-order valence-electron chi connectivity index (χ3n) is 3.01. The molecule has 0 saturated heterocycles. The Morgan fingerprint density at radius 3 is 2.52 bits per heavy atom. The average Bonchev–Trinajstić information content (AvgIpc) is 2.52. The number of hydrogen-bond acceptors (Lipinski definition) is 8. The number of nitro benzene ring substituents is 1. The van der Waals surface area contributed by atoms with Crippen molar-refractivity contribution in [3.63, 3.8) is 0 Å². The smallest absolute Gasteiger partial charge is 0.338 e. The van der Waals surface area contributed by atoms with Crippen molar-refractivity contribution >= 4 is 17.6 Å². The van der Waals surface area contributed by atoms with Gasteiger partial charge >= 0.3 is 11.9 Å². The number of nitrogens with zero attached hydrogens (tertiary/aromatic N) is 1. The van der Waals surface area contributed by atoms with E-state index < -0.39 is 41.2 Å². The molecule has 1 rings (SSSR count). The zero-order valence-corrected chi connectivity index (χ0v) is 12.6. The van der Waals surface area contributed by atoms with Crippen molar-refractivity contribution in [2.45, 2.75) is 25.6 Å². The molecule has 0 saturated carbocycles. The number of aliphatic hydroxyl groups is 2. The maximum atomic E-state index is 11.4. The predicted molar refractivity (Wildman–Crippen MR) is 76.7 cm³/mol. The van der Waals surface area contributed by atoms with Crippen molar-refractivity contribution in [3.05, 3.63) is 39.4 Å². The highest BCUT2D eigenvalue weighted by molar-refractivity contribution is 5.90. The molecule has 0 aromatic heterocycles. The highest BCUT2D eigenvalue weighted by Crippen LogP contribution is 2.29. The molecule has 2 atom stereocenters. The Balaban J connectivity index is 3.08. The molecule has 0 fully saturated rings. The van der Waals surface area contributed by atoms with Gasteiger partial charge in [-0.05, 0) is 19.1 Å². The fourth-order valence-corrected chi connectivity index (χ4v) is 1.91. The first-order valence-electron chi connectivity index (χ1n) is 6.70. The van der Waals surface area contributed by atoms with Crippen molar-refractivity contribution in [1.29, 1.82) is 0 Å². The molecule has 9 heteroatoms. The molecule has 1 aromatic carbocycles. The van der Waals surface area contributed by atoms with E-state index in [4.69, 9.17) is 0 Å². The number of rotatable bonds is 7.